The number of rotatable bonds is 2. The van der Waals surface area contributed by atoms with E-state index in [1.165, 1.54) is 0 Å². The number of guanidine groups is 1. The van der Waals surface area contributed by atoms with Crippen molar-refractivity contribution in [1.82, 2.24) is 5.32 Å². The molecule has 0 aliphatic heterocycles. The van der Waals surface area contributed by atoms with Crippen LogP contribution < -0.4 is 16.8 Å². The van der Waals surface area contributed by atoms with Crippen LogP contribution in [0.4, 0.5) is 4.79 Å². The zero-order valence-electron chi connectivity index (χ0n) is 13.5. The van der Waals surface area contributed by atoms with Gasteiger partial charge in [-0.2, -0.15) is 0 Å². The number of nitrogens with one attached hydrogen (secondary N) is 2. The van der Waals surface area contributed by atoms with Crippen molar-refractivity contribution in [3.05, 3.63) is 33.8 Å². The lowest BCUT2D eigenvalue weighted by Crippen LogP contribution is -2.36. The van der Waals surface area contributed by atoms with Gasteiger partial charge in [-0.05, 0) is 38.5 Å². The second kappa shape index (κ2) is 11.0. The average Bonchev–Trinajstić information content (AvgIpc) is 2.30. The Bertz CT molecular complexity index is 569. The molecule has 0 aliphatic rings. The number of nitrogens with two attached hydrogens (primary N) is 2. The minimum Gasteiger partial charge on any atom is -0.444 e. The van der Waals surface area contributed by atoms with Crippen LogP contribution in [-0.2, 0) is 16.0 Å². The van der Waals surface area contributed by atoms with Crippen molar-refractivity contribution in [2.24, 2.45) is 11.5 Å². The third-order valence-corrected chi connectivity index (χ3v) is 2.79. The summed E-state index contributed by atoms with van der Waals surface area (Å²) in [6.07, 6.45) is -0.726. The highest BCUT2D eigenvalue weighted by Gasteiger charge is 2.12. The molecule has 0 saturated carbocycles. The molecule has 0 saturated heterocycles. The van der Waals surface area contributed by atoms with E-state index in [1.54, 1.807) is 39.0 Å². The molecule has 6 N–H and O–H groups in total. The second-order valence-corrected chi connectivity index (χ2v) is 6.19. The van der Waals surface area contributed by atoms with Gasteiger partial charge in [0.25, 0.3) is 0 Å². The summed E-state index contributed by atoms with van der Waals surface area (Å²) < 4.78 is 4.58. The van der Waals surface area contributed by atoms with E-state index >= 15 is 0 Å². The summed E-state index contributed by atoms with van der Waals surface area (Å²) in [4.78, 5) is 21.3. The van der Waals surface area contributed by atoms with Crippen molar-refractivity contribution in [2.45, 2.75) is 32.8 Å². The number of carbonyl (C=O) groups excluding carboxylic acids is 2. The van der Waals surface area contributed by atoms with E-state index in [9.17, 15) is 9.59 Å². The Morgan fingerprint density at radius 1 is 1.21 bits per heavy atom. The number of primary amides is 1. The summed E-state index contributed by atoms with van der Waals surface area (Å²) >= 11 is 11.7. The number of hydrogen-bond acceptors (Lipinski definition) is 4. The molecule has 0 bridgehead atoms. The molecule has 1 rings (SSSR count). The molecule has 0 fully saturated rings. The lowest BCUT2D eigenvalue weighted by Gasteiger charge is -2.16. The van der Waals surface area contributed by atoms with Gasteiger partial charge in [0.05, 0.1) is 6.42 Å². The van der Waals surface area contributed by atoms with Gasteiger partial charge in [-0.1, -0.05) is 29.3 Å². The third-order valence-electron chi connectivity index (χ3n) is 2.08. The largest absolute Gasteiger partial charge is 0.444 e. The van der Waals surface area contributed by atoms with Crippen LogP contribution in [0.3, 0.4) is 0 Å². The molecule has 0 unspecified atom stereocenters. The van der Waals surface area contributed by atoms with E-state index < -0.39 is 23.6 Å². The fourth-order valence-corrected chi connectivity index (χ4v) is 1.89. The molecule has 0 aliphatic carbocycles. The van der Waals surface area contributed by atoms with Gasteiger partial charge in [0.2, 0.25) is 5.91 Å². The summed E-state index contributed by atoms with van der Waals surface area (Å²) in [6.45, 7) is 5.28. The van der Waals surface area contributed by atoms with E-state index in [2.05, 4.69) is 10.1 Å². The molecule has 7 nitrogen and oxygen atoms in total. The molecular weight excluding hydrogens is 379 g/mol. The molecule has 1 aromatic rings. The first-order valence-electron chi connectivity index (χ1n) is 6.47. The Morgan fingerprint density at radius 3 is 1.96 bits per heavy atom. The maximum atomic E-state index is 11.3. The smallest absolute Gasteiger partial charge is 0.405 e. The average molecular weight is 400 g/mol. The van der Waals surface area contributed by atoms with Crippen LogP contribution in [0, 0.1) is 5.41 Å². The molecule has 24 heavy (non-hydrogen) atoms. The molecule has 1 aromatic carbocycles. The van der Waals surface area contributed by atoms with Crippen molar-refractivity contribution in [3.8, 4) is 0 Å². The molecule has 0 radical (unpaired) electrons. The fourth-order valence-electron chi connectivity index (χ4n) is 1.36. The molecule has 0 spiro atoms. The van der Waals surface area contributed by atoms with Gasteiger partial charge in [0, 0.05) is 10.0 Å². The van der Waals surface area contributed by atoms with Gasteiger partial charge < -0.3 is 16.2 Å². The van der Waals surface area contributed by atoms with Gasteiger partial charge in [0.1, 0.15) is 5.60 Å². The van der Waals surface area contributed by atoms with Gasteiger partial charge in [-0.15, -0.1) is 12.4 Å². The maximum absolute atomic E-state index is 11.3. The van der Waals surface area contributed by atoms with Gasteiger partial charge in [0.15, 0.2) is 5.96 Å². The first kappa shape index (κ1) is 24.6. The highest BCUT2D eigenvalue weighted by atomic mass is 35.5. The van der Waals surface area contributed by atoms with Crippen molar-refractivity contribution in [3.63, 3.8) is 0 Å². The second-order valence-electron chi connectivity index (χ2n) is 5.37. The molecular formula is C14H21Cl3N4O3. The monoisotopic (exact) mass is 398 g/mol. The topological polar surface area (TPSA) is 131 Å². The summed E-state index contributed by atoms with van der Waals surface area (Å²) in [5.41, 5.74) is 9.80. The quantitative estimate of drug-likeness (QED) is 0.449. The lowest BCUT2D eigenvalue weighted by molar-refractivity contribution is -0.119. The number of benzene rings is 1. The maximum Gasteiger partial charge on any atom is 0.405 e. The number of carbonyl (C=O) groups is 2. The van der Waals surface area contributed by atoms with Gasteiger partial charge in [-0.3, -0.25) is 15.5 Å². The van der Waals surface area contributed by atoms with Crippen LogP contribution >= 0.6 is 35.6 Å². The minimum atomic E-state index is -0.725. The molecule has 0 atom stereocenters. The van der Waals surface area contributed by atoms with Crippen molar-refractivity contribution < 1.29 is 14.3 Å². The Balaban J connectivity index is 0. The summed E-state index contributed by atoms with van der Waals surface area (Å²) in [6, 6.07) is 4.98. The normalized spacial score (nSPS) is 9.71. The first-order chi connectivity index (χ1) is 10.4. The van der Waals surface area contributed by atoms with E-state index in [1.807, 2.05) is 0 Å². The van der Waals surface area contributed by atoms with E-state index in [0.717, 1.165) is 0 Å². The summed E-state index contributed by atoms with van der Waals surface area (Å²) in [7, 11) is 0. The molecule has 136 valence electrons. The van der Waals surface area contributed by atoms with E-state index in [-0.39, 0.29) is 18.8 Å². The predicted molar refractivity (Wildman–Crippen MR) is 97.9 cm³/mol. The summed E-state index contributed by atoms with van der Waals surface area (Å²) in [5.74, 6) is -0.819. The van der Waals surface area contributed by atoms with E-state index in [4.69, 9.17) is 40.1 Å². The minimum absolute atomic E-state index is 0. The zero-order valence-corrected chi connectivity index (χ0v) is 15.8. The van der Waals surface area contributed by atoms with Crippen LogP contribution in [0.5, 0.6) is 0 Å². The van der Waals surface area contributed by atoms with Gasteiger partial charge >= 0.3 is 6.09 Å². The molecule has 0 aromatic heterocycles. The third kappa shape index (κ3) is 11.8. The van der Waals surface area contributed by atoms with E-state index in [0.29, 0.717) is 15.6 Å². The zero-order chi connectivity index (χ0) is 18.2. The fraction of sp³-hybridized carbons (Fsp3) is 0.357. The molecule has 2 amide bonds. The number of ether oxygens (including phenoxy) is 1. The lowest BCUT2D eigenvalue weighted by atomic mass is 10.1. The number of amides is 2. The molecule has 10 heteroatoms. The van der Waals surface area contributed by atoms with Crippen molar-refractivity contribution >= 4 is 53.6 Å². The van der Waals surface area contributed by atoms with Gasteiger partial charge in [-0.25, -0.2) is 4.79 Å². The Kier molecular flexibility index (Phi) is 11.2. The van der Waals surface area contributed by atoms with Crippen LogP contribution in [0.25, 0.3) is 0 Å². The Hall–Kier alpha value is -1.70. The number of hydrogen-bond donors (Lipinski definition) is 4. The Morgan fingerprint density at radius 2 is 1.67 bits per heavy atom. The van der Waals surface area contributed by atoms with Crippen LogP contribution in [-0.4, -0.2) is 23.6 Å². The first-order valence-corrected chi connectivity index (χ1v) is 7.23. The van der Waals surface area contributed by atoms with Crippen molar-refractivity contribution in [2.75, 3.05) is 0 Å². The van der Waals surface area contributed by atoms with Crippen LogP contribution in [0.1, 0.15) is 26.3 Å². The predicted octanol–water partition coefficient (Wildman–Crippen LogP) is 2.85. The number of halogens is 3. The standard InChI is InChI=1S/C9H9Cl2N3O.C5H11NO2.ClH/c10-6-2-1-3-7(11)5(6)4-8(15)14-9(12)13;1-5(2,3)8-4(6)7;/h1-3H,4H2,(H4,12,13,14,15);1-3H3,(H2,6,7);1H. The SMILES string of the molecule is CC(C)(C)OC(N)=O.Cl.N=C(N)NC(=O)Cc1c(Cl)cccc1Cl. The van der Waals surface area contributed by atoms with Crippen LogP contribution in [0.15, 0.2) is 18.2 Å². The molecule has 0 heterocycles. The highest BCUT2D eigenvalue weighted by molar-refractivity contribution is 6.36. The Labute approximate surface area is 156 Å². The van der Waals surface area contributed by atoms with Crippen LogP contribution in [0.2, 0.25) is 10.0 Å². The highest BCUT2D eigenvalue weighted by Crippen LogP contribution is 2.24. The van der Waals surface area contributed by atoms with Crippen molar-refractivity contribution in [1.29, 1.82) is 5.41 Å². The summed E-state index contributed by atoms with van der Waals surface area (Å²) in [5, 5.41) is 9.86.